The molecular weight excluding hydrogens is 463 g/mol. The zero-order valence-corrected chi connectivity index (χ0v) is 19.5. The first-order chi connectivity index (χ1) is 17.0. The number of hydrogen-bond donors (Lipinski definition) is 0. The van der Waals surface area contributed by atoms with E-state index in [0.29, 0.717) is 32.9 Å². The van der Waals surface area contributed by atoms with E-state index < -0.39 is 0 Å². The van der Waals surface area contributed by atoms with Crippen LogP contribution in [0, 0.1) is 17.1 Å². The van der Waals surface area contributed by atoms with Crippen LogP contribution in [0.3, 0.4) is 0 Å². The normalized spacial score (nSPS) is 12.9. The lowest BCUT2D eigenvalue weighted by Crippen LogP contribution is -2.34. The molecule has 1 heterocycles. The van der Waals surface area contributed by atoms with Gasteiger partial charge in [0.2, 0.25) is 5.91 Å². The molecule has 174 valence electrons. The number of hydrogen-bond acceptors (Lipinski definition) is 5. The second-order valence-electron chi connectivity index (χ2n) is 8.34. The number of para-hydroxylation sites is 1. The fourth-order valence-electron chi connectivity index (χ4n) is 3.95. The van der Waals surface area contributed by atoms with Gasteiger partial charge in [0.25, 0.3) is 5.56 Å². The lowest BCUT2D eigenvalue weighted by atomic mass is 10.2. The van der Waals surface area contributed by atoms with E-state index in [4.69, 9.17) is 5.26 Å². The molecule has 1 aromatic heterocycles. The molecule has 0 N–H and O–H groups in total. The first-order valence-corrected chi connectivity index (χ1v) is 12.2. The van der Waals surface area contributed by atoms with Gasteiger partial charge in [0.1, 0.15) is 5.82 Å². The van der Waals surface area contributed by atoms with E-state index in [1.807, 2.05) is 6.07 Å². The van der Waals surface area contributed by atoms with Gasteiger partial charge in [0.15, 0.2) is 5.16 Å². The standard InChI is InChI=1S/C27H21FN4O2S/c28-23-7-3-1-5-19(23)16-31(20-13-14-20)25(33)17-35-27-30-24-8-4-2-6-22(24)26(34)32(27)21-11-9-18(15-29)10-12-21/h1-12,20H,13-14,16-17H2. The van der Waals surface area contributed by atoms with E-state index in [2.05, 4.69) is 11.1 Å². The summed E-state index contributed by atoms with van der Waals surface area (Å²) in [5.41, 5.74) is 1.82. The smallest absolute Gasteiger partial charge is 0.266 e. The van der Waals surface area contributed by atoms with Gasteiger partial charge < -0.3 is 4.90 Å². The van der Waals surface area contributed by atoms with Gasteiger partial charge in [-0.25, -0.2) is 9.37 Å². The number of thioether (sulfide) groups is 1. The minimum atomic E-state index is -0.329. The summed E-state index contributed by atoms with van der Waals surface area (Å²) in [5.74, 6) is -0.398. The van der Waals surface area contributed by atoms with Crippen molar-refractivity contribution in [1.29, 1.82) is 5.26 Å². The van der Waals surface area contributed by atoms with E-state index in [-0.39, 0.29) is 35.6 Å². The molecule has 1 amide bonds. The zero-order valence-electron chi connectivity index (χ0n) is 18.7. The summed E-state index contributed by atoms with van der Waals surface area (Å²) in [4.78, 5) is 33.0. The van der Waals surface area contributed by atoms with Gasteiger partial charge in [0, 0.05) is 18.2 Å². The third kappa shape index (κ3) is 4.81. The van der Waals surface area contributed by atoms with Crippen LogP contribution in [0.2, 0.25) is 0 Å². The monoisotopic (exact) mass is 484 g/mol. The summed E-state index contributed by atoms with van der Waals surface area (Å²) in [6.45, 7) is 0.213. The van der Waals surface area contributed by atoms with Crippen molar-refractivity contribution in [2.24, 2.45) is 0 Å². The quantitative estimate of drug-likeness (QED) is 0.281. The minimum absolute atomic E-state index is 0.0615. The predicted molar refractivity (Wildman–Crippen MR) is 133 cm³/mol. The summed E-state index contributed by atoms with van der Waals surface area (Å²) in [7, 11) is 0. The summed E-state index contributed by atoms with van der Waals surface area (Å²) < 4.78 is 15.7. The Hall–Kier alpha value is -3.96. The topological polar surface area (TPSA) is 79.0 Å². The lowest BCUT2D eigenvalue weighted by molar-refractivity contribution is -0.129. The Balaban J connectivity index is 1.46. The van der Waals surface area contributed by atoms with Crippen molar-refractivity contribution >= 4 is 28.6 Å². The van der Waals surface area contributed by atoms with Gasteiger partial charge in [-0.15, -0.1) is 0 Å². The first-order valence-electron chi connectivity index (χ1n) is 11.2. The van der Waals surface area contributed by atoms with Crippen molar-refractivity contribution in [2.75, 3.05) is 5.75 Å². The maximum absolute atomic E-state index is 14.2. The molecule has 0 radical (unpaired) electrons. The second kappa shape index (κ2) is 9.72. The Morgan fingerprint density at radius 3 is 2.51 bits per heavy atom. The molecule has 0 saturated heterocycles. The molecule has 4 aromatic rings. The van der Waals surface area contributed by atoms with Crippen molar-refractivity contribution in [2.45, 2.75) is 30.6 Å². The van der Waals surface area contributed by atoms with Crippen LogP contribution in [-0.4, -0.2) is 32.2 Å². The summed E-state index contributed by atoms with van der Waals surface area (Å²) in [5, 5.41) is 9.97. The fourth-order valence-corrected chi connectivity index (χ4v) is 4.85. The molecule has 1 aliphatic carbocycles. The van der Waals surface area contributed by atoms with Crippen LogP contribution in [0.1, 0.15) is 24.0 Å². The molecule has 1 aliphatic rings. The van der Waals surface area contributed by atoms with Crippen molar-refractivity contribution in [3.8, 4) is 11.8 Å². The molecule has 0 spiro atoms. The fraction of sp³-hybridized carbons (Fsp3) is 0.185. The highest BCUT2D eigenvalue weighted by atomic mass is 32.2. The number of fused-ring (bicyclic) bond motifs is 1. The van der Waals surface area contributed by atoms with Crippen LogP contribution in [0.5, 0.6) is 0 Å². The summed E-state index contributed by atoms with van der Waals surface area (Å²) in [6, 6.07) is 22.4. The number of nitrogens with zero attached hydrogens (tertiary/aromatic N) is 4. The maximum Gasteiger partial charge on any atom is 0.266 e. The van der Waals surface area contributed by atoms with Gasteiger partial charge >= 0.3 is 0 Å². The van der Waals surface area contributed by atoms with Gasteiger partial charge in [-0.3, -0.25) is 14.2 Å². The zero-order chi connectivity index (χ0) is 24.4. The lowest BCUT2D eigenvalue weighted by Gasteiger charge is -2.23. The number of amides is 1. The molecule has 0 unspecified atom stereocenters. The van der Waals surface area contributed by atoms with Crippen LogP contribution < -0.4 is 5.56 Å². The Morgan fingerprint density at radius 1 is 1.09 bits per heavy atom. The van der Waals surface area contributed by atoms with Crippen LogP contribution in [0.15, 0.2) is 82.7 Å². The predicted octanol–water partition coefficient (Wildman–Crippen LogP) is 4.68. The molecule has 35 heavy (non-hydrogen) atoms. The number of carbonyl (C=O) groups excluding carboxylic acids is 1. The van der Waals surface area contributed by atoms with Gasteiger partial charge in [0.05, 0.1) is 34.0 Å². The van der Waals surface area contributed by atoms with Gasteiger partial charge in [-0.1, -0.05) is 42.1 Å². The van der Waals surface area contributed by atoms with Gasteiger partial charge in [-0.05, 0) is 55.3 Å². The van der Waals surface area contributed by atoms with Crippen LogP contribution >= 0.6 is 11.8 Å². The highest BCUT2D eigenvalue weighted by Crippen LogP contribution is 2.30. The highest BCUT2D eigenvalue weighted by molar-refractivity contribution is 7.99. The first kappa shape index (κ1) is 22.8. The third-order valence-electron chi connectivity index (χ3n) is 5.93. The number of aromatic nitrogens is 2. The highest BCUT2D eigenvalue weighted by Gasteiger charge is 2.33. The van der Waals surface area contributed by atoms with Crippen LogP contribution in [0.25, 0.3) is 16.6 Å². The van der Waals surface area contributed by atoms with E-state index in [1.54, 1.807) is 65.6 Å². The molecule has 1 saturated carbocycles. The molecule has 0 bridgehead atoms. The molecule has 1 fully saturated rings. The molecule has 5 rings (SSSR count). The van der Waals surface area contributed by atoms with Crippen molar-refractivity contribution < 1.29 is 9.18 Å². The van der Waals surface area contributed by atoms with E-state index in [0.717, 1.165) is 12.8 Å². The van der Waals surface area contributed by atoms with Crippen molar-refractivity contribution in [3.05, 3.63) is 100 Å². The van der Waals surface area contributed by atoms with E-state index in [9.17, 15) is 14.0 Å². The average molecular weight is 485 g/mol. The Labute approximate surface area is 205 Å². The molecule has 6 nitrogen and oxygen atoms in total. The van der Waals surface area contributed by atoms with E-state index in [1.165, 1.54) is 22.4 Å². The second-order valence-corrected chi connectivity index (χ2v) is 9.29. The minimum Gasteiger partial charge on any atom is -0.335 e. The third-order valence-corrected chi connectivity index (χ3v) is 6.85. The number of nitriles is 1. The van der Waals surface area contributed by atoms with Crippen LogP contribution in [0.4, 0.5) is 4.39 Å². The van der Waals surface area contributed by atoms with Crippen molar-refractivity contribution in [3.63, 3.8) is 0 Å². The SMILES string of the molecule is N#Cc1ccc(-n2c(SCC(=O)N(Cc3ccccc3F)C3CC3)nc3ccccc3c2=O)cc1. The Morgan fingerprint density at radius 2 is 1.80 bits per heavy atom. The Kier molecular flexibility index (Phi) is 6.34. The number of halogens is 1. The molecule has 8 heteroatoms. The molecule has 0 atom stereocenters. The maximum atomic E-state index is 14.2. The van der Waals surface area contributed by atoms with Gasteiger partial charge in [-0.2, -0.15) is 5.26 Å². The Bertz CT molecular complexity index is 1510. The molecule has 0 aliphatic heterocycles. The molecule has 3 aromatic carbocycles. The molecular formula is C27H21FN4O2S. The average Bonchev–Trinajstić information content (AvgIpc) is 3.72. The van der Waals surface area contributed by atoms with E-state index >= 15 is 0 Å². The largest absolute Gasteiger partial charge is 0.335 e. The number of rotatable bonds is 7. The van der Waals surface area contributed by atoms with Crippen LogP contribution in [-0.2, 0) is 11.3 Å². The number of benzene rings is 3. The summed E-state index contributed by atoms with van der Waals surface area (Å²) in [6.07, 6.45) is 1.80. The van der Waals surface area contributed by atoms with Crippen molar-refractivity contribution in [1.82, 2.24) is 14.5 Å². The number of carbonyl (C=O) groups is 1. The summed E-state index contributed by atoms with van der Waals surface area (Å²) >= 11 is 1.18.